The van der Waals surface area contributed by atoms with Crippen molar-refractivity contribution in [2.75, 3.05) is 6.54 Å². The lowest BCUT2D eigenvalue weighted by molar-refractivity contribution is 0.321. The monoisotopic (exact) mass is 341 g/mol. The predicted molar refractivity (Wildman–Crippen MR) is 86.5 cm³/mol. The van der Waals surface area contributed by atoms with Gasteiger partial charge in [0.25, 0.3) is 0 Å². The van der Waals surface area contributed by atoms with E-state index in [-0.39, 0.29) is 5.82 Å². The van der Waals surface area contributed by atoms with Gasteiger partial charge in [0.2, 0.25) is 0 Å². The van der Waals surface area contributed by atoms with Crippen molar-refractivity contribution in [2.24, 2.45) is 5.92 Å². The number of rotatable bonds is 5. The molecule has 0 spiro atoms. The van der Waals surface area contributed by atoms with Gasteiger partial charge in [-0.1, -0.05) is 38.7 Å². The molecule has 1 atom stereocenters. The molecule has 1 fully saturated rings. The molecular formula is C17H25BrFN. The Hall–Kier alpha value is -0.410. The quantitative estimate of drug-likeness (QED) is 0.736. The third-order valence-electron chi connectivity index (χ3n) is 4.37. The van der Waals surface area contributed by atoms with E-state index >= 15 is 0 Å². The van der Waals surface area contributed by atoms with E-state index in [2.05, 4.69) is 28.2 Å². The zero-order chi connectivity index (χ0) is 14.4. The molecule has 20 heavy (non-hydrogen) atoms. The molecule has 0 aliphatic heterocycles. The average Bonchev–Trinajstić information content (AvgIpc) is 2.71. The molecule has 0 amide bonds. The Labute approximate surface area is 130 Å². The minimum absolute atomic E-state index is 0.178. The minimum Gasteiger partial charge on any atom is -0.314 e. The molecule has 2 rings (SSSR count). The third-order valence-corrected chi connectivity index (χ3v) is 4.98. The molecule has 112 valence electrons. The predicted octanol–water partition coefficient (Wildman–Crippen LogP) is 5.08. The molecule has 1 N–H and O–H groups in total. The molecule has 0 radical (unpaired) electrons. The van der Waals surface area contributed by atoms with Gasteiger partial charge in [-0.05, 0) is 65.4 Å². The highest BCUT2D eigenvalue weighted by Gasteiger charge is 2.22. The summed E-state index contributed by atoms with van der Waals surface area (Å²) in [6, 6.07) is 5.93. The van der Waals surface area contributed by atoms with Crippen LogP contribution in [-0.4, -0.2) is 12.6 Å². The Morgan fingerprint density at radius 1 is 1.25 bits per heavy atom. The summed E-state index contributed by atoms with van der Waals surface area (Å²) in [5.74, 6) is 0.587. The Morgan fingerprint density at radius 3 is 2.55 bits per heavy atom. The van der Waals surface area contributed by atoms with E-state index < -0.39 is 0 Å². The SMILES string of the molecule is CCNC(Cc1ccc(F)c(Br)c1)C1CCCCCC1. The molecule has 0 bridgehead atoms. The van der Waals surface area contributed by atoms with E-state index in [0.29, 0.717) is 10.5 Å². The molecule has 1 aliphatic carbocycles. The normalized spacial score (nSPS) is 18.8. The second kappa shape index (κ2) is 8.14. The second-order valence-corrected chi connectivity index (χ2v) is 6.72. The number of halogens is 2. The van der Waals surface area contributed by atoms with Gasteiger partial charge in [0.1, 0.15) is 5.82 Å². The zero-order valence-corrected chi connectivity index (χ0v) is 13.9. The summed E-state index contributed by atoms with van der Waals surface area (Å²) in [6.45, 7) is 3.17. The highest BCUT2D eigenvalue weighted by atomic mass is 79.9. The average molecular weight is 342 g/mol. The van der Waals surface area contributed by atoms with Crippen LogP contribution in [0.3, 0.4) is 0 Å². The lowest BCUT2D eigenvalue weighted by atomic mass is 9.87. The molecule has 1 nitrogen and oxygen atoms in total. The fourth-order valence-corrected chi connectivity index (χ4v) is 3.73. The molecule has 1 saturated carbocycles. The molecule has 0 saturated heterocycles. The summed E-state index contributed by atoms with van der Waals surface area (Å²) >= 11 is 3.29. The summed E-state index contributed by atoms with van der Waals surface area (Å²) in [7, 11) is 0. The van der Waals surface area contributed by atoms with Crippen LogP contribution in [0, 0.1) is 11.7 Å². The molecule has 1 aromatic rings. The number of hydrogen-bond acceptors (Lipinski definition) is 1. The standard InChI is InChI=1S/C17H25BrFN/c1-2-20-17(14-7-5-3-4-6-8-14)12-13-9-10-16(19)15(18)11-13/h9-11,14,17,20H,2-8,12H2,1H3. The fourth-order valence-electron chi connectivity index (χ4n) is 3.30. The summed E-state index contributed by atoms with van der Waals surface area (Å²) in [5, 5.41) is 3.65. The van der Waals surface area contributed by atoms with Crippen LogP contribution in [0.15, 0.2) is 22.7 Å². The number of nitrogens with one attached hydrogen (secondary N) is 1. The van der Waals surface area contributed by atoms with Gasteiger partial charge in [-0.25, -0.2) is 4.39 Å². The van der Waals surface area contributed by atoms with Crippen molar-refractivity contribution in [2.45, 2.75) is 57.9 Å². The van der Waals surface area contributed by atoms with Crippen molar-refractivity contribution in [3.8, 4) is 0 Å². The van der Waals surface area contributed by atoms with Gasteiger partial charge in [-0.15, -0.1) is 0 Å². The van der Waals surface area contributed by atoms with Crippen molar-refractivity contribution >= 4 is 15.9 Å². The van der Waals surface area contributed by atoms with Crippen LogP contribution < -0.4 is 5.32 Å². The van der Waals surface area contributed by atoms with Gasteiger partial charge in [-0.2, -0.15) is 0 Å². The van der Waals surface area contributed by atoms with E-state index in [9.17, 15) is 4.39 Å². The van der Waals surface area contributed by atoms with Gasteiger partial charge in [0, 0.05) is 6.04 Å². The van der Waals surface area contributed by atoms with E-state index in [1.807, 2.05) is 12.1 Å². The highest BCUT2D eigenvalue weighted by Crippen LogP contribution is 2.28. The zero-order valence-electron chi connectivity index (χ0n) is 12.3. The maximum Gasteiger partial charge on any atom is 0.137 e. The first-order valence-electron chi connectivity index (χ1n) is 7.88. The molecule has 0 heterocycles. The van der Waals surface area contributed by atoms with Crippen LogP contribution in [-0.2, 0) is 6.42 Å². The lowest BCUT2D eigenvalue weighted by Crippen LogP contribution is -2.38. The van der Waals surface area contributed by atoms with E-state index in [0.717, 1.165) is 18.9 Å². The summed E-state index contributed by atoms with van der Waals surface area (Å²) in [5.41, 5.74) is 1.22. The van der Waals surface area contributed by atoms with Crippen molar-refractivity contribution in [3.05, 3.63) is 34.1 Å². The van der Waals surface area contributed by atoms with Crippen LogP contribution >= 0.6 is 15.9 Å². The number of likely N-dealkylation sites (N-methyl/N-ethyl adjacent to an activating group) is 1. The molecule has 1 aromatic carbocycles. The van der Waals surface area contributed by atoms with E-state index in [1.165, 1.54) is 44.1 Å². The van der Waals surface area contributed by atoms with Gasteiger partial charge in [0.15, 0.2) is 0 Å². The Morgan fingerprint density at radius 2 is 1.95 bits per heavy atom. The fraction of sp³-hybridized carbons (Fsp3) is 0.647. The van der Waals surface area contributed by atoms with Gasteiger partial charge in [-0.3, -0.25) is 0 Å². The molecule has 1 aliphatic rings. The Bertz CT molecular complexity index is 413. The van der Waals surface area contributed by atoms with E-state index in [4.69, 9.17) is 0 Å². The first-order chi connectivity index (χ1) is 9.70. The van der Waals surface area contributed by atoms with Crippen LogP contribution in [0.4, 0.5) is 4.39 Å². The smallest absolute Gasteiger partial charge is 0.137 e. The maximum absolute atomic E-state index is 13.3. The van der Waals surface area contributed by atoms with Crippen molar-refractivity contribution in [3.63, 3.8) is 0 Å². The van der Waals surface area contributed by atoms with Crippen molar-refractivity contribution in [1.82, 2.24) is 5.32 Å². The topological polar surface area (TPSA) is 12.0 Å². The van der Waals surface area contributed by atoms with Crippen LogP contribution in [0.2, 0.25) is 0 Å². The highest BCUT2D eigenvalue weighted by molar-refractivity contribution is 9.10. The van der Waals surface area contributed by atoms with Crippen LogP contribution in [0.25, 0.3) is 0 Å². The van der Waals surface area contributed by atoms with Crippen LogP contribution in [0.1, 0.15) is 51.0 Å². The molecule has 0 aromatic heterocycles. The maximum atomic E-state index is 13.3. The summed E-state index contributed by atoms with van der Waals surface area (Å²) < 4.78 is 13.9. The number of hydrogen-bond donors (Lipinski definition) is 1. The van der Waals surface area contributed by atoms with Gasteiger partial charge >= 0.3 is 0 Å². The lowest BCUT2D eigenvalue weighted by Gasteiger charge is -2.27. The third kappa shape index (κ3) is 4.56. The Kier molecular flexibility index (Phi) is 6.50. The summed E-state index contributed by atoms with van der Waals surface area (Å²) in [6.07, 6.45) is 9.16. The largest absolute Gasteiger partial charge is 0.314 e. The minimum atomic E-state index is -0.178. The first kappa shape index (κ1) is 16.0. The molecule has 3 heteroatoms. The van der Waals surface area contributed by atoms with Crippen molar-refractivity contribution in [1.29, 1.82) is 0 Å². The first-order valence-corrected chi connectivity index (χ1v) is 8.67. The number of benzene rings is 1. The van der Waals surface area contributed by atoms with Gasteiger partial charge in [0.05, 0.1) is 4.47 Å². The summed E-state index contributed by atoms with van der Waals surface area (Å²) in [4.78, 5) is 0. The Balaban J connectivity index is 2.05. The van der Waals surface area contributed by atoms with Gasteiger partial charge < -0.3 is 5.32 Å². The second-order valence-electron chi connectivity index (χ2n) is 5.87. The molecular weight excluding hydrogens is 317 g/mol. The van der Waals surface area contributed by atoms with E-state index in [1.54, 1.807) is 6.07 Å². The molecule has 1 unspecified atom stereocenters. The van der Waals surface area contributed by atoms with Crippen molar-refractivity contribution < 1.29 is 4.39 Å². The van der Waals surface area contributed by atoms with Crippen LogP contribution in [0.5, 0.6) is 0 Å².